The minimum atomic E-state index is -0.278. The fourth-order valence-corrected chi connectivity index (χ4v) is 1.77. The van der Waals surface area contributed by atoms with Crippen molar-refractivity contribution in [2.75, 3.05) is 5.73 Å². The van der Waals surface area contributed by atoms with Crippen LogP contribution in [0.2, 0.25) is 0 Å². The average Bonchev–Trinajstić information content (AvgIpc) is 2.28. The third kappa shape index (κ3) is 3.47. The summed E-state index contributed by atoms with van der Waals surface area (Å²) in [6, 6.07) is 4.32. The number of hydrazine groups is 1. The van der Waals surface area contributed by atoms with E-state index < -0.39 is 0 Å². The molecule has 0 aliphatic heterocycles. The molecule has 0 saturated heterocycles. The van der Waals surface area contributed by atoms with E-state index in [4.69, 9.17) is 11.6 Å². The van der Waals surface area contributed by atoms with Crippen LogP contribution in [-0.2, 0) is 0 Å². The topological polar surface area (TPSA) is 64.1 Å². The van der Waals surface area contributed by atoms with E-state index in [9.17, 15) is 4.39 Å². The molecule has 1 aromatic carbocycles. The molecule has 1 rings (SSSR count). The van der Waals surface area contributed by atoms with Gasteiger partial charge in [-0.3, -0.25) is 11.3 Å². The largest absolute Gasteiger partial charge is 0.398 e. The molecule has 0 amide bonds. The van der Waals surface area contributed by atoms with E-state index in [1.807, 2.05) is 0 Å². The first-order chi connectivity index (χ1) is 7.69. The number of nitrogens with two attached hydrogens (primary N) is 2. The summed E-state index contributed by atoms with van der Waals surface area (Å²) in [5, 5.41) is 0. The molecule has 0 fully saturated rings. The normalized spacial score (nSPS) is 12.7. The lowest BCUT2D eigenvalue weighted by molar-refractivity contribution is 0.485. The number of rotatable bonds is 6. The van der Waals surface area contributed by atoms with Crippen molar-refractivity contribution < 1.29 is 4.39 Å². The maximum Gasteiger partial charge on any atom is 0.123 e. The second kappa shape index (κ2) is 6.45. The Labute approximate surface area is 96.0 Å². The number of halogens is 1. The van der Waals surface area contributed by atoms with Crippen LogP contribution in [0.1, 0.15) is 44.2 Å². The fraction of sp³-hybridized carbons (Fsp3) is 0.500. The minimum absolute atomic E-state index is 0.0674. The highest BCUT2D eigenvalue weighted by molar-refractivity contribution is 5.48. The molecule has 90 valence electrons. The van der Waals surface area contributed by atoms with Crippen LogP contribution < -0.4 is 17.0 Å². The van der Waals surface area contributed by atoms with Crippen molar-refractivity contribution in [2.24, 2.45) is 5.84 Å². The standard InChI is InChI=1S/C12H20FN3/c1-2-3-4-5-12(16-15)10-8-9(13)6-7-11(10)14/h6-8,12,16H,2-5,14-15H2,1H3. The van der Waals surface area contributed by atoms with Crippen molar-refractivity contribution in [2.45, 2.75) is 38.6 Å². The van der Waals surface area contributed by atoms with Crippen LogP contribution in [0.5, 0.6) is 0 Å². The van der Waals surface area contributed by atoms with Gasteiger partial charge in [-0.05, 0) is 30.2 Å². The molecular weight excluding hydrogens is 205 g/mol. The number of anilines is 1. The minimum Gasteiger partial charge on any atom is -0.398 e. The number of nitrogens with one attached hydrogen (secondary N) is 1. The Bertz CT molecular complexity index is 328. The van der Waals surface area contributed by atoms with Crippen LogP contribution in [-0.4, -0.2) is 0 Å². The van der Waals surface area contributed by atoms with Crippen LogP contribution in [0.4, 0.5) is 10.1 Å². The molecule has 0 heterocycles. The van der Waals surface area contributed by atoms with Gasteiger partial charge in [0.2, 0.25) is 0 Å². The summed E-state index contributed by atoms with van der Waals surface area (Å²) in [6.07, 6.45) is 4.22. The van der Waals surface area contributed by atoms with Gasteiger partial charge < -0.3 is 5.73 Å². The van der Waals surface area contributed by atoms with Crippen LogP contribution in [0.15, 0.2) is 18.2 Å². The first kappa shape index (κ1) is 12.9. The number of unbranched alkanes of at least 4 members (excludes halogenated alkanes) is 2. The van der Waals surface area contributed by atoms with Crippen molar-refractivity contribution in [3.63, 3.8) is 0 Å². The Morgan fingerprint density at radius 2 is 2.12 bits per heavy atom. The summed E-state index contributed by atoms with van der Waals surface area (Å²) < 4.78 is 13.1. The van der Waals surface area contributed by atoms with Gasteiger partial charge in [0.25, 0.3) is 0 Å². The maximum absolute atomic E-state index is 13.1. The van der Waals surface area contributed by atoms with Crippen LogP contribution in [0.25, 0.3) is 0 Å². The molecule has 16 heavy (non-hydrogen) atoms. The Kier molecular flexibility index (Phi) is 5.22. The molecule has 0 saturated carbocycles. The predicted molar refractivity (Wildman–Crippen MR) is 65.0 cm³/mol. The van der Waals surface area contributed by atoms with Gasteiger partial charge in [-0.15, -0.1) is 0 Å². The molecule has 1 unspecified atom stereocenters. The van der Waals surface area contributed by atoms with E-state index in [0.29, 0.717) is 5.69 Å². The monoisotopic (exact) mass is 225 g/mol. The zero-order valence-electron chi connectivity index (χ0n) is 9.67. The molecule has 0 spiro atoms. The Morgan fingerprint density at radius 3 is 2.75 bits per heavy atom. The summed E-state index contributed by atoms with van der Waals surface area (Å²) in [6.45, 7) is 2.14. The SMILES string of the molecule is CCCCCC(NN)c1cc(F)ccc1N. The van der Waals surface area contributed by atoms with Gasteiger partial charge in [-0.25, -0.2) is 4.39 Å². The zero-order valence-corrected chi connectivity index (χ0v) is 9.67. The molecule has 0 aliphatic carbocycles. The molecule has 0 bridgehead atoms. The van der Waals surface area contributed by atoms with E-state index in [-0.39, 0.29) is 11.9 Å². The number of hydrogen-bond acceptors (Lipinski definition) is 3. The van der Waals surface area contributed by atoms with E-state index >= 15 is 0 Å². The molecule has 0 aromatic heterocycles. The second-order valence-corrected chi connectivity index (χ2v) is 3.99. The highest BCUT2D eigenvalue weighted by Gasteiger charge is 2.13. The van der Waals surface area contributed by atoms with Gasteiger partial charge in [0.05, 0.1) is 0 Å². The third-order valence-corrected chi connectivity index (χ3v) is 2.72. The molecule has 0 radical (unpaired) electrons. The maximum atomic E-state index is 13.1. The molecule has 4 heteroatoms. The average molecular weight is 225 g/mol. The quantitative estimate of drug-likeness (QED) is 0.301. The lowest BCUT2D eigenvalue weighted by Crippen LogP contribution is -2.28. The first-order valence-electron chi connectivity index (χ1n) is 5.70. The number of benzene rings is 1. The highest BCUT2D eigenvalue weighted by atomic mass is 19.1. The van der Waals surface area contributed by atoms with Gasteiger partial charge >= 0.3 is 0 Å². The van der Waals surface area contributed by atoms with Crippen LogP contribution in [0.3, 0.4) is 0 Å². The van der Waals surface area contributed by atoms with Gasteiger partial charge in [0, 0.05) is 11.7 Å². The third-order valence-electron chi connectivity index (χ3n) is 2.72. The fourth-order valence-electron chi connectivity index (χ4n) is 1.77. The summed E-state index contributed by atoms with van der Waals surface area (Å²) in [7, 11) is 0. The van der Waals surface area contributed by atoms with Crippen molar-refractivity contribution >= 4 is 5.69 Å². The summed E-state index contributed by atoms with van der Waals surface area (Å²) in [5.41, 5.74) is 9.84. The van der Waals surface area contributed by atoms with Gasteiger partial charge in [-0.2, -0.15) is 0 Å². The number of nitrogen functional groups attached to an aromatic ring is 1. The van der Waals surface area contributed by atoms with Crippen LogP contribution >= 0.6 is 0 Å². The first-order valence-corrected chi connectivity index (χ1v) is 5.70. The van der Waals surface area contributed by atoms with E-state index in [1.165, 1.54) is 12.1 Å². The Hall–Kier alpha value is -1.13. The van der Waals surface area contributed by atoms with Crippen molar-refractivity contribution in [3.05, 3.63) is 29.6 Å². The van der Waals surface area contributed by atoms with E-state index in [1.54, 1.807) is 6.07 Å². The molecule has 5 N–H and O–H groups in total. The molecule has 3 nitrogen and oxygen atoms in total. The number of hydrogen-bond donors (Lipinski definition) is 3. The van der Waals surface area contributed by atoms with Crippen molar-refractivity contribution in [1.82, 2.24) is 5.43 Å². The van der Waals surface area contributed by atoms with E-state index in [2.05, 4.69) is 12.3 Å². The van der Waals surface area contributed by atoms with E-state index in [0.717, 1.165) is 31.2 Å². The van der Waals surface area contributed by atoms with Gasteiger partial charge in [0.1, 0.15) is 5.82 Å². The summed E-state index contributed by atoms with van der Waals surface area (Å²) in [4.78, 5) is 0. The lowest BCUT2D eigenvalue weighted by Gasteiger charge is -2.18. The molecule has 1 atom stereocenters. The lowest BCUT2D eigenvalue weighted by atomic mass is 9.99. The molecule has 0 aliphatic rings. The summed E-state index contributed by atoms with van der Waals surface area (Å²) in [5.74, 6) is 5.20. The van der Waals surface area contributed by atoms with Crippen molar-refractivity contribution in [1.29, 1.82) is 0 Å². The van der Waals surface area contributed by atoms with Gasteiger partial charge in [-0.1, -0.05) is 26.2 Å². The summed E-state index contributed by atoms with van der Waals surface area (Å²) >= 11 is 0. The van der Waals surface area contributed by atoms with Gasteiger partial charge in [0.15, 0.2) is 0 Å². The Balaban J connectivity index is 2.73. The smallest absolute Gasteiger partial charge is 0.123 e. The van der Waals surface area contributed by atoms with Crippen molar-refractivity contribution in [3.8, 4) is 0 Å². The zero-order chi connectivity index (χ0) is 12.0. The Morgan fingerprint density at radius 1 is 1.38 bits per heavy atom. The molecule has 1 aromatic rings. The molecular formula is C12H20FN3. The highest BCUT2D eigenvalue weighted by Crippen LogP contribution is 2.25. The predicted octanol–water partition coefficient (Wildman–Crippen LogP) is 2.49. The second-order valence-electron chi connectivity index (χ2n) is 3.99. The van der Waals surface area contributed by atoms with Crippen LogP contribution in [0, 0.1) is 5.82 Å².